The molecule has 1 fully saturated rings. The molecule has 1 atom stereocenters. The molecule has 1 unspecified atom stereocenters. The smallest absolute Gasteiger partial charge is 0.223 e. The molecular weight excluding hydrogens is 493 g/mol. The minimum atomic E-state index is 0. The largest absolute Gasteiger partial charge is 0.356 e. The van der Waals surface area contributed by atoms with Gasteiger partial charge in [-0.2, -0.15) is 0 Å². The molecule has 164 valence electrons. The summed E-state index contributed by atoms with van der Waals surface area (Å²) in [6.07, 6.45) is 4.12. The molecule has 2 N–H and O–H groups in total. The van der Waals surface area contributed by atoms with E-state index in [1.54, 1.807) is 13.4 Å². The molecule has 0 saturated carbocycles. The van der Waals surface area contributed by atoms with Crippen LogP contribution in [0.1, 0.15) is 24.7 Å². The first kappa shape index (κ1) is 24.1. The molecule has 30 heavy (non-hydrogen) atoms. The number of carbonyl (C=O) groups excluding carboxylic acids is 1. The highest BCUT2D eigenvalue weighted by atomic mass is 127. The summed E-state index contributed by atoms with van der Waals surface area (Å²) in [5.74, 6) is 2.29. The minimum absolute atomic E-state index is 0. The molecule has 1 aromatic heterocycles. The maximum absolute atomic E-state index is 12.3. The normalized spacial score (nSPS) is 16.5. The molecule has 9 heteroatoms. The standard InChI is InChI=1S/C21H31N7O.HI/c1-3-19-26-25-16-28(19)12-10-23-21(22-2)24-14-18-13-20(29)27(15-18)11-9-17-7-5-4-6-8-17;/h4-8,16,18H,3,9-15H2,1-2H3,(H2,22,23,24);1H. The van der Waals surface area contributed by atoms with Crippen molar-refractivity contribution in [3.63, 3.8) is 0 Å². The number of benzene rings is 1. The lowest BCUT2D eigenvalue weighted by Crippen LogP contribution is -2.41. The first-order valence-electron chi connectivity index (χ1n) is 10.3. The highest BCUT2D eigenvalue weighted by Crippen LogP contribution is 2.17. The van der Waals surface area contributed by atoms with Gasteiger partial charge in [-0.15, -0.1) is 34.2 Å². The van der Waals surface area contributed by atoms with Crippen molar-refractivity contribution < 1.29 is 4.79 Å². The van der Waals surface area contributed by atoms with Crippen LogP contribution in [0.4, 0.5) is 0 Å². The number of hydrogen-bond donors (Lipinski definition) is 2. The maximum atomic E-state index is 12.3. The van der Waals surface area contributed by atoms with Crippen LogP contribution >= 0.6 is 24.0 Å². The fourth-order valence-corrected chi connectivity index (χ4v) is 3.61. The summed E-state index contributed by atoms with van der Waals surface area (Å²) in [6, 6.07) is 10.3. The van der Waals surface area contributed by atoms with Gasteiger partial charge in [0.2, 0.25) is 5.91 Å². The van der Waals surface area contributed by atoms with Crippen LogP contribution in [0.15, 0.2) is 41.7 Å². The number of amides is 1. The topological polar surface area (TPSA) is 87.4 Å². The van der Waals surface area contributed by atoms with E-state index in [0.717, 1.165) is 57.3 Å². The molecule has 0 aliphatic carbocycles. The number of rotatable bonds is 9. The zero-order valence-corrected chi connectivity index (χ0v) is 20.1. The van der Waals surface area contributed by atoms with Gasteiger partial charge in [-0.05, 0) is 12.0 Å². The van der Waals surface area contributed by atoms with Crippen LogP contribution in [0.3, 0.4) is 0 Å². The second kappa shape index (κ2) is 12.5. The Morgan fingerprint density at radius 1 is 1.23 bits per heavy atom. The predicted molar refractivity (Wildman–Crippen MR) is 129 cm³/mol. The van der Waals surface area contributed by atoms with Crippen molar-refractivity contribution in [2.75, 3.05) is 33.2 Å². The molecule has 0 bridgehead atoms. The third kappa shape index (κ3) is 6.96. The summed E-state index contributed by atoms with van der Waals surface area (Å²) in [5, 5.41) is 14.7. The zero-order chi connectivity index (χ0) is 20.5. The minimum Gasteiger partial charge on any atom is -0.356 e. The number of likely N-dealkylation sites (tertiary alicyclic amines) is 1. The van der Waals surface area contributed by atoms with Gasteiger partial charge in [0.15, 0.2) is 5.96 Å². The average molecular weight is 525 g/mol. The summed E-state index contributed by atoms with van der Waals surface area (Å²) in [5.41, 5.74) is 1.27. The monoisotopic (exact) mass is 525 g/mol. The van der Waals surface area contributed by atoms with Crippen molar-refractivity contribution in [3.05, 3.63) is 48.0 Å². The summed E-state index contributed by atoms with van der Waals surface area (Å²) in [6.45, 7) is 5.91. The Labute approximate surface area is 195 Å². The molecule has 0 spiro atoms. The van der Waals surface area contributed by atoms with Crippen molar-refractivity contribution in [1.29, 1.82) is 0 Å². The van der Waals surface area contributed by atoms with Gasteiger partial charge >= 0.3 is 0 Å². The number of guanidine groups is 1. The van der Waals surface area contributed by atoms with E-state index in [1.165, 1.54) is 5.56 Å². The van der Waals surface area contributed by atoms with Gasteiger partial charge in [0.05, 0.1) is 0 Å². The number of nitrogens with zero attached hydrogens (tertiary/aromatic N) is 5. The van der Waals surface area contributed by atoms with E-state index in [4.69, 9.17) is 0 Å². The number of halogens is 1. The van der Waals surface area contributed by atoms with Crippen LogP contribution in [-0.4, -0.2) is 64.8 Å². The quantitative estimate of drug-likeness (QED) is 0.296. The molecule has 1 aliphatic heterocycles. The number of aryl methyl sites for hydroxylation is 1. The number of aromatic nitrogens is 3. The van der Waals surface area contributed by atoms with Gasteiger partial charge < -0.3 is 20.1 Å². The molecule has 1 aliphatic rings. The van der Waals surface area contributed by atoms with E-state index in [-0.39, 0.29) is 29.9 Å². The van der Waals surface area contributed by atoms with Gasteiger partial charge in [-0.25, -0.2) is 0 Å². The zero-order valence-electron chi connectivity index (χ0n) is 17.8. The number of nitrogens with one attached hydrogen (secondary N) is 2. The van der Waals surface area contributed by atoms with E-state index < -0.39 is 0 Å². The Balaban J connectivity index is 0.00000320. The first-order valence-corrected chi connectivity index (χ1v) is 10.3. The Hall–Kier alpha value is -2.17. The lowest BCUT2D eigenvalue weighted by atomic mass is 10.1. The lowest BCUT2D eigenvalue weighted by Gasteiger charge is -2.18. The van der Waals surface area contributed by atoms with E-state index in [1.807, 2.05) is 27.7 Å². The Bertz CT molecular complexity index is 809. The summed E-state index contributed by atoms with van der Waals surface area (Å²) >= 11 is 0. The Morgan fingerprint density at radius 2 is 2.03 bits per heavy atom. The summed E-state index contributed by atoms with van der Waals surface area (Å²) in [7, 11) is 1.76. The summed E-state index contributed by atoms with van der Waals surface area (Å²) in [4.78, 5) is 18.6. The van der Waals surface area contributed by atoms with Crippen molar-refractivity contribution in [2.45, 2.75) is 32.7 Å². The number of aliphatic imine (C=N–C) groups is 1. The molecular formula is C21H32IN7O. The molecule has 2 aromatic rings. The fourth-order valence-electron chi connectivity index (χ4n) is 3.61. The Kier molecular flexibility index (Phi) is 10.0. The van der Waals surface area contributed by atoms with Gasteiger partial charge in [0.1, 0.15) is 12.2 Å². The molecule has 0 radical (unpaired) electrons. The van der Waals surface area contributed by atoms with Crippen LogP contribution < -0.4 is 10.6 Å². The van der Waals surface area contributed by atoms with Crippen LogP contribution in [0.2, 0.25) is 0 Å². The second-order valence-corrected chi connectivity index (χ2v) is 7.32. The van der Waals surface area contributed by atoms with Crippen LogP contribution in [0.5, 0.6) is 0 Å². The first-order chi connectivity index (χ1) is 14.2. The molecule has 8 nitrogen and oxygen atoms in total. The highest BCUT2D eigenvalue weighted by Gasteiger charge is 2.29. The lowest BCUT2D eigenvalue weighted by molar-refractivity contribution is -0.127. The third-order valence-electron chi connectivity index (χ3n) is 5.25. The van der Waals surface area contributed by atoms with Crippen LogP contribution in [-0.2, 0) is 24.2 Å². The van der Waals surface area contributed by atoms with Crippen molar-refractivity contribution >= 4 is 35.8 Å². The number of carbonyl (C=O) groups is 1. The molecule has 1 aromatic carbocycles. The predicted octanol–water partition coefficient (Wildman–Crippen LogP) is 1.71. The number of hydrogen-bond acceptors (Lipinski definition) is 4. The van der Waals surface area contributed by atoms with E-state index >= 15 is 0 Å². The molecule has 2 heterocycles. The van der Waals surface area contributed by atoms with Crippen molar-refractivity contribution in [3.8, 4) is 0 Å². The van der Waals surface area contributed by atoms with Gasteiger partial charge in [0.25, 0.3) is 0 Å². The molecule has 1 amide bonds. The fraction of sp³-hybridized carbons (Fsp3) is 0.524. The van der Waals surface area contributed by atoms with E-state index in [2.05, 4.69) is 44.9 Å². The van der Waals surface area contributed by atoms with Crippen molar-refractivity contribution in [2.24, 2.45) is 10.9 Å². The van der Waals surface area contributed by atoms with Crippen molar-refractivity contribution in [1.82, 2.24) is 30.3 Å². The molecule has 3 rings (SSSR count). The molecule has 1 saturated heterocycles. The SMILES string of the molecule is CCc1nncn1CCNC(=NC)NCC1CC(=O)N(CCc2ccccc2)C1.I. The average Bonchev–Trinajstić information content (AvgIpc) is 3.35. The highest BCUT2D eigenvalue weighted by molar-refractivity contribution is 14.0. The van der Waals surface area contributed by atoms with E-state index in [9.17, 15) is 4.79 Å². The maximum Gasteiger partial charge on any atom is 0.223 e. The van der Waals surface area contributed by atoms with Gasteiger partial charge in [-0.1, -0.05) is 37.3 Å². The Morgan fingerprint density at radius 3 is 2.77 bits per heavy atom. The van der Waals surface area contributed by atoms with Gasteiger partial charge in [0, 0.05) is 58.5 Å². The van der Waals surface area contributed by atoms with E-state index in [0.29, 0.717) is 12.3 Å². The van der Waals surface area contributed by atoms with Crippen LogP contribution in [0, 0.1) is 5.92 Å². The summed E-state index contributed by atoms with van der Waals surface area (Å²) < 4.78 is 2.04. The van der Waals surface area contributed by atoms with Crippen LogP contribution in [0.25, 0.3) is 0 Å². The second-order valence-electron chi connectivity index (χ2n) is 7.32. The van der Waals surface area contributed by atoms with Gasteiger partial charge in [-0.3, -0.25) is 9.79 Å². The third-order valence-corrected chi connectivity index (χ3v) is 5.25.